The van der Waals surface area contributed by atoms with Gasteiger partial charge in [-0.25, -0.2) is 4.98 Å². The lowest BCUT2D eigenvalue weighted by Gasteiger charge is -2.10. The van der Waals surface area contributed by atoms with Crippen LogP contribution in [0.2, 0.25) is 0 Å². The monoisotopic (exact) mass is 334 g/mol. The fourth-order valence-electron chi connectivity index (χ4n) is 2.05. The van der Waals surface area contributed by atoms with Gasteiger partial charge in [0.2, 0.25) is 0 Å². The number of rotatable bonds is 6. The summed E-state index contributed by atoms with van der Waals surface area (Å²) < 4.78 is 40.3. The molecule has 1 atom stereocenters. The number of hydrogen-bond donors (Lipinski definition) is 2. The zero-order valence-corrected chi connectivity index (χ0v) is 12.8. The minimum absolute atomic E-state index is 0.232. The fraction of sp³-hybridized carbons (Fsp3) is 0.500. The first-order chi connectivity index (χ1) is 10.4. The van der Waals surface area contributed by atoms with Crippen LogP contribution in [0.15, 0.2) is 23.4 Å². The first-order valence-electron chi connectivity index (χ1n) is 6.86. The molecule has 2 aromatic rings. The Morgan fingerprint density at radius 1 is 1.36 bits per heavy atom. The van der Waals surface area contributed by atoms with E-state index in [4.69, 9.17) is 5.11 Å². The van der Waals surface area contributed by atoms with Crippen LogP contribution < -0.4 is 0 Å². The highest BCUT2D eigenvalue weighted by atomic mass is 32.2. The molecule has 0 aliphatic carbocycles. The van der Waals surface area contributed by atoms with Gasteiger partial charge < -0.3 is 14.8 Å². The highest BCUT2D eigenvalue weighted by Gasteiger charge is 2.31. The highest BCUT2D eigenvalue weighted by Crippen LogP contribution is 2.33. The van der Waals surface area contributed by atoms with Crippen LogP contribution in [0.1, 0.15) is 18.9 Å². The lowest BCUT2D eigenvalue weighted by Crippen LogP contribution is -2.15. The van der Waals surface area contributed by atoms with Crippen LogP contribution in [0.5, 0.6) is 0 Å². The second kappa shape index (κ2) is 6.89. The van der Waals surface area contributed by atoms with Crippen LogP contribution >= 0.6 is 11.8 Å². The van der Waals surface area contributed by atoms with Gasteiger partial charge in [-0.1, -0.05) is 18.7 Å². The van der Waals surface area contributed by atoms with Gasteiger partial charge in [-0.15, -0.1) is 0 Å². The normalized spacial score (nSPS) is 13.7. The van der Waals surface area contributed by atoms with Crippen molar-refractivity contribution in [2.24, 2.45) is 0 Å². The number of hydrogen-bond acceptors (Lipinski definition) is 4. The van der Waals surface area contributed by atoms with E-state index < -0.39 is 17.8 Å². The highest BCUT2D eigenvalue weighted by molar-refractivity contribution is 7.99. The maximum absolute atomic E-state index is 12.8. The van der Waals surface area contributed by atoms with Crippen LogP contribution in [0.3, 0.4) is 0 Å². The van der Waals surface area contributed by atoms with Crippen LogP contribution in [-0.2, 0) is 12.7 Å². The van der Waals surface area contributed by atoms with E-state index in [9.17, 15) is 18.3 Å². The van der Waals surface area contributed by atoms with E-state index in [1.165, 1.54) is 17.8 Å². The minimum atomic E-state index is -4.39. The molecule has 2 N–H and O–H groups in total. The van der Waals surface area contributed by atoms with E-state index in [0.717, 1.165) is 18.6 Å². The van der Waals surface area contributed by atoms with E-state index in [2.05, 4.69) is 4.98 Å². The van der Waals surface area contributed by atoms with Crippen molar-refractivity contribution in [3.05, 3.63) is 23.8 Å². The Kier molecular flexibility index (Phi) is 5.36. The molecule has 1 aromatic carbocycles. The average Bonchev–Trinajstić information content (AvgIpc) is 2.81. The number of aliphatic hydroxyl groups is 2. The number of halogens is 3. The van der Waals surface area contributed by atoms with E-state index in [-0.39, 0.29) is 12.4 Å². The molecule has 2 rings (SSSR count). The fourth-order valence-corrected chi connectivity index (χ4v) is 3.01. The molecule has 8 heteroatoms. The third kappa shape index (κ3) is 3.74. The Morgan fingerprint density at radius 2 is 2.09 bits per heavy atom. The van der Waals surface area contributed by atoms with E-state index >= 15 is 0 Å². The lowest BCUT2D eigenvalue weighted by molar-refractivity contribution is -0.137. The van der Waals surface area contributed by atoms with Gasteiger partial charge >= 0.3 is 6.18 Å². The summed E-state index contributed by atoms with van der Waals surface area (Å²) in [7, 11) is 0. The molecule has 0 radical (unpaired) electrons. The molecule has 1 heterocycles. The summed E-state index contributed by atoms with van der Waals surface area (Å²) in [5.41, 5.74) is 0.212. The predicted octanol–water partition coefficient (Wildman–Crippen LogP) is 2.91. The van der Waals surface area contributed by atoms with E-state index in [0.29, 0.717) is 22.7 Å². The summed E-state index contributed by atoms with van der Waals surface area (Å²) in [4.78, 5) is 4.33. The number of aliphatic hydroxyl groups excluding tert-OH is 2. The molecule has 1 unspecified atom stereocenters. The molecule has 0 saturated heterocycles. The molecule has 0 bridgehead atoms. The Labute approximate surface area is 130 Å². The van der Waals surface area contributed by atoms with E-state index in [1.54, 1.807) is 4.57 Å². The summed E-state index contributed by atoms with van der Waals surface area (Å²) in [6, 6.07) is 3.48. The van der Waals surface area contributed by atoms with Crippen molar-refractivity contribution >= 4 is 22.8 Å². The van der Waals surface area contributed by atoms with Crippen molar-refractivity contribution in [3.8, 4) is 0 Å². The van der Waals surface area contributed by atoms with Gasteiger partial charge in [0.1, 0.15) is 0 Å². The summed E-state index contributed by atoms with van der Waals surface area (Å²) in [6.45, 7) is 2.10. The number of aryl methyl sites for hydroxylation is 1. The Bertz CT molecular complexity index is 643. The molecule has 0 spiro atoms. The van der Waals surface area contributed by atoms with Crippen molar-refractivity contribution in [3.63, 3.8) is 0 Å². The molecule has 1 aromatic heterocycles. The molecule has 0 fully saturated rings. The van der Waals surface area contributed by atoms with E-state index in [1.807, 2.05) is 6.92 Å². The molecule has 0 aliphatic rings. The number of nitrogens with zero attached hydrogens (tertiary/aromatic N) is 2. The number of aromatic nitrogens is 2. The first kappa shape index (κ1) is 17.1. The standard InChI is InChI=1S/C14H17F3N2O2S/c1-2-5-19-12-6-9(14(15,16)17)3-4-11(12)18-13(19)22-8-10(21)7-20/h3-4,6,10,20-21H,2,5,7-8H2,1H3. The molecular formula is C14H17F3N2O2S. The molecule has 0 amide bonds. The van der Waals surface area contributed by atoms with Gasteiger partial charge in [-0.2, -0.15) is 13.2 Å². The number of alkyl halides is 3. The summed E-state index contributed by atoms with van der Waals surface area (Å²) in [6.07, 6.45) is -4.53. The largest absolute Gasteiger partial charge is 0.416 e. The maximum Gasteiger partial charge on any atom is 0.416 e. The van der Waals surface area contributed by atoms with Crippen LogP contribution in [-0.4, -0.2) is 38.2 Å². The molecule has 0 aliphatic heterocycles. The lowest BCUT2D eigenvalue weighted by atomic mass is 10.2. The topological polar surface area (TPSA) is 58.3 Å². The van der Waals surface area contributed by atoms with Crippen molar-refractivity contribution in [2.75, 3.05) is 12.4 Å². The molecular weight excluding hydrogens is 317 g/mol. The van der Waals surface area contributed by atoms with Gasteiger partial charge in [0, 0.05) is 12.3 Å². The molecule has 0 saturated carbocycles. The summed E-state index contributed by atoms with van der Waals surface area (Å²) >= 11 is 1.22. The van der Waals surface area contributed by atoms with Crippen LogP contribution in [0, 0.1) is 0 Å². The summed E-state index contributed by atoms with van der Waals surface area (Å²) in [5, 5.41) is 18.8. The SMILES string of the molecule is CCCn1c(SCC(O)CO)nc2ccc(C(F)(F)F)cc21. The second-order valence-electron chi connectivity index (χ2n) is 4.89. The van der Waals surface area contributed by atoms with Crippen molar-refractivity contribution in [2.45, 2.75) is 37.3 Å². The number of fused-ring (bicyclic) bond motifs is 1. The first-order valence-corrected chi connectivity index (χ1v) is 7.84. The number of thioether (sulfide) groups is 1. The molecule has 122 valence electrons. The van der Waals surface area contributed by atoms with Gasteiger partial charge in [-0.05, 0) is 24.6 Å². The number of imidazole rings is 1. The van der Waals surface area contributed by atoms with Gasteiger partial charge in [0.15, 0.2) is 5.16 Å². The predicted molar refractivity (Wildman–Crippen MR) is 78.8 cm³/mol. The third-order valence-electron chi connectivity index (χ3n) is 3.10. The van der Waals surface area contributed by atoms with Crippen LogP contribution in [0.4, 0.5) is 13.2 Å². The zero-order chi connectivity index (χ0) is 16.3. The Morgan fingerprint density at radius 3 is 2.68 bits per heavy atom. The van der Waals surface area contributed by atoms with Crippen molar-refractivity contribution < 1.29 is 23.4 Å². The quantitative estimate of drug-likeness (QED) is 0.798. The Balaban J connectivity index is 2.42. The third-order valence-corrected chi connectivity index (χ3v) is 4.22. The van der Waals surface area contributed by atoms with Gasteiger partial charge in [-0.3, -0.25) is 0 Å². The molecule has 22 heavy (non-hydrogen) atoms. The van der Waals surface area contributed by atoms with Gasteiger partial charge in [0.05, 0.1) is 29.3 Å². The second-order valence-corrected chi connectivity index (χ2v) is 5.88. The minimum Gasteiger partial charge on any atom is -0.394 e. The van der Waals surface area contributed by atoms with Gasteiger partial charge in [0.25, 0.3) is 0 Å². The average molecular weight is 334 g/mol. The number of benzene rings is 1. The maximum atomic E-state index is 12.8. The Hall–Kier alpha value is -1.25. The molecule has 4 nitrogen and oxygen atoms in total. The zero-order valence-electron chi connectivity index (χ0n) is 12.0. The smallest absolute Gasteiger partial charge is 0.394 e. The van der Waals surface area contributed by atoms with Crippen molar-refractivity contribution in [1.29, 1.82) is 0 Å². The van der Waals surface area contributed by atoms with Crippen molar-refractivity contribution in [1.82, 2.24) is 9.55 Å². The van der Waals surface area contributed by atoms with Crippen LogP contribution in [0.25, 0.3) is 11.0 Å². The summed E-state index contributed by atoms with van der Waals surface area (Å²) in [5.74, 6) is 0.232.